The molecule has 2 rings (SSSR count). The summed E-state index contributed by atoms with van der Waals surface area (Å²) in [5, 5.41) is 0. The van der Waals surface area contributed by atoms with E-state index in [9.17, 15) is 38.4 Å². The fourth-order valence-corrected chi connectivity index (χ4v) is 19.6. The number of ketones is 8. The lowest BCUT2D eigenvalue weighted by molar-refractivity contribution is -0.133. The van der Waals surface area contributed by atoms with E-state index in [-0.39, 0.29) is 113 Å². The minimum absolute atomic E-state index is 0.00847. The van der Waals surface area contributed by atoms with Crippen LogP contribution in [0.15, 0.2) is 48.5 Å². The van der Waals surface area contributed by atoms with Gasteiger partial charge in [0.15, 0.2) is 34.7 Å². The lowest BCUT2D eigenvalue weighted by Gasteiger charge is -2.42. The van der Waals surface area contributed by atoms with Gasteiger partial charge in [-0.25, -0.2) is 0 Å². The zero-order chi connectivity index (χ0) is 111. The Morgan fingerprint density at radius 2 is 0.536 bits per heavy atom. The van der Waals surface area contributed by atoms with Crippen molar-refractivity contribution in [2.45, 2.75) is 592 Å². The van der Waals surface area contributed by atoms with Crippen LogP contribution in [0.4, 0.5) is 0 Å². The summed E-state index contributed by atoms with van der Waals surface area (Å²) >= 11 is 0. The maximum Gasteiger partial charge on any atom is 0.154 e. The highest BCUT2D eigenvalue weighted by Crippen LogP contribution is 2.32. The molecule has 0 aromatic heterocycles. The van der Waals surface area contributed by atoms with Gasteiger partial charge in [-0.1, -0.05) is 216 Å². The molecule has 0 aliphatic carbocycles. The Morgan fingerprint density at radius 1 is 0.257 bits per heavy atom. The minimum Gasteiger partial charge on any atom is -0.491 e. The molecule has 0 aliphatic heterocycles. The van der Waals surface area contributed by atoms with Crippen molar-refractivity contribution in [2.75, 3.05) is 6.61 Å². The van der Waals surface area contributed by atoms with Gasteiger partial charge in [-0.3, -0.25) is 72.7 Å². The summed E-state index contributed by atoms with van der Waals surface area (Å²) in [6, 6.07) is 21.9. The largest absolute Gasteiger partial charge is 0.491 e. The van der Waals surface area contributed by atoms with E-state index in [4.69, 9.17) is 9.47 Å². The summed E-state index contributed by atoms with van der Waals surface area (Å²) in [5.74, 6) is 7.64. The van der Waals surface area contributed by atoms with Gasteiger partial charge in [0, 0.05) is 139 Å². The smallest absolute Gasteiger partial charge is 0.154 e. The highest BCUT2D eigenvalue weighted by atomic mass is 16.5. The van der Waals surface area contributed by atoms with Crippen molar-refractivity contribution < 1.29 is 47.8 Å². The molecule has 0 N–H and O–H groups in total. The maximum atomic E-state index is 12.8. The fraction of sp³-hybridized carbons (Fsp3) is 0.837. The van der Waals surface area contributed by atoms with Crippen LogP contribution in [0.25, 0.3) is 0 Å². The summed E-state index contributed by atoms with van der Waals surface area (Å²) in [4.78, 5) is 117. The first kappa shape index (κ1) is 144. The minimum atomic E-state index is -0.141. The molecule has 0 saturated carbocycles. The van der Waals surface area contributed by atoms with Crippen LogP contribution in [0.1, 0.15) is 456 Å². The van der Waals surface area contributed by atoms with E-state index in [1.54, 1.807) is 0 Å². The van der Waals surface area contributed by atoms with E-state index in [1.165, 1.54) is 16.7 Å². The molecule has 0 fully saturated rings. The summed E-state index contributed by atoms with van der Waals surface area (Å²) in [6.45, 7) is 123. The number of hydrogen-bond acceptors (Lipinski definition) is 17. The molecule has 9 atom stereocenters. The van der Waals surface area contributed by atoms with Gasteiger partial charge in [0.1, 0.15) is 17.3 Å². The number of rotatable bonds is 57. The molecule has 822 valence electrons. The van der Waals surface area contributed by atoms with Gasteiger partial charge < -0.3 is 9.47 Å². The third-order valence-electron chi connectivity index (χ3n) is 26.8. The molecule has 0 heterocycles. The lowest BCUT2D eigenvalue weighted by Crippen LogP contribution is -2.54. The topological polar surface area (TPSA) is 178 Å². The molecule has 2 aromatic rings. The molecule has 0 saturated heterocycles. The van der Waals surface area contributed by atoms with Crippen LogP contribution < -0.4 is 4.74 Å². The van der Waals surface area contributed by atoms with Crippen molar-refractivity contribution in [2.24, 2.45) is 76.9 Å². The Bertz CT molecular complexity index is 3540. The number of carbonyl (C=O) groups excluding carboxylic acids is 8. The van der Waals surface area contributed by atoms with Crippen LogP contribution in [0, 0.1) is 76.9 Å². The molecule has 0 amide bonds. The van der Waals surface area contributed by atoms with Crippen molar-refractivity contribution >= 4 is 46.3 Å². The highest BCUT2D eigenvalue weighted by molar-refractivity contribution is 5.89. The lowest BCUT2D eigenvalue weighted by atomic mass is 9.82. The van der Waals surface area contributed by atoms with E-state index in [2.05, 4.69) is 348 Å². The Labute approximate surface area is 869 Å². The van der Waals surface area contributed by atoms with Crippen LogP contribution in [-0.4, -0.2) is 226 Å². The van der Waals surface area contributed by atoms with Gasteiger partial charge in [0.25, 0.3) is 0 Å². The Kier molecular flexibility index (Phi) is 74.5. The maximum absolute atomic E-state index is 12.8. The average Bonchev–Trinajstić information content (AvgIpc) is 0.863. The number of ether oxygens (including phenoxy) is 2. The third-order valence-corrected chi connectivity index (χ3v) is 26.8. The van der Waals surface area contributed by atoms with Gasteiger partial charge in [-0.05, 0) is 324 Å². The quantitative estimate of drug-likeness (QED) is 0.0610. The van der Waals surface area contributed by atoms with Gasteiger partial charge in [-0.2, -0.15) is 0 Å². The summed E-state index contributed by atoms with van der Waals surface area (Å²) < 4.78 is 11.4. The van der Waals surface area contributed by atoms with Crippen molar-refractivity contribution in [3.8, 4) is 5.75 Å². The molecule has 17 heteroatoms. The normalized spacial score (nSPS) is 14.4. The standard InChI is InChI=1S/C21H35NO2.C21H35NO.C17H33NO2.C17H35NO.2C16H33NO.C15H31NO2/c1-14(2)21(23)20(22(15(3)4)16(5)6)13-18-9-11-19(12-10-18)24-17(7)8;1-14(2)19-11-9-18(10-12-19)13-20(21(23)15(3)4)22(16(5)6)17(7)8;1-11(2)16(19)10-9-15(17(20)12(3)4)18(13(5)6)14(7)8;1-11(2)15(9)10-16(17(19)12(3)4)18(13(5)6)14(7)8;1-11(2)9-15(16(18)10-12(3)4)17(13(5)6)14(7)8;1-10(2)14(9)15(16(18)11(3)4)17(12(5)6)13(7)8;1-10(2)15(17)14(9-18-13(7)8)16(11(3)4)12(5)6/h9-12,14-17,20H,13H2,1-8H3;9-12,14-17,20H,13H2,1-8H3;11-15H,9-10H2,1-8H3;11-16H,10H2,1-9H3;11-15H,9-10H2,1-8H3;10-15H,1-9H3;10-14H,9H2,1-8H3. The molecule has 2 aromatic carbocycles. The summed E-state index contributed by atoms with van der Waals surface area (Å²) in [6.07, 6.45) is 5.67. The van der Waals surface area contributed by atoms with E-state index >= 15 is 0 Å². The van der Waals surface area contributed by atoms with Crippen LogP contribution in [0.5, 0.6) is 5.75 Å². The zero-order valence-electron chi connectivity index (χ0n) is 103. The van der Waals surface area contributed by atoms with Crippen molar-refractivity contribution in [1.82, 2.24) is 34.3 Å². The van der Waals surface area contributed by atoms with Crippen LogP contribution in [0.2, 0.25) is 0 Å². The second kappa shape index (κ2) is 72.6. The zero-order valence-corrected chi connectivity index (χ0v) is 103. The Balaban J connectivity index is -0.000000508. The number of carbonyl (C=O) groups is 8. The van der Waals surface area contributed by atoms with Crippen LogP contribution in [0.3, 0.4) is 0 Å². The highest BCUT2D eigenvalue weighted by Gasteiger charge is 2.41. The average molecular weight is 1970 g/mol. The van der Waals surface area contributed by atoms with Crippen LogP contribution in [-0.2, 0) is 55.9 Å². The molecular formula is C123H235N7O10. The summed E-state index contributed by atoms with van der Waals surface area (Å²) in [7, 11) is 0. The number of benzene rings is 2. The molecule has 0 radical (unpaired) electrons. The van der Waals surface area contributed by atoms with Crippen molar-refractivity contribution in [3.63, 3.8) is 0 Å². The summed E-state index contributed by atoms with van der Waals surface area (Å²) in [5.41, 5.74) is 3.78. The monoisotopic (exact) mass is 1970 g/mol. The van der Waals surface area contributed by atoms with E-state index in [0.717, 1.165) is 31.4 Å². The van der Waals surface area contributed by atoms with E-state index in [0.29, 0.717) is 181 Å². The second-order valence-corrected chi connectivity index (χ2v) is 49.2. The van der Waals surface area contributed by atoms with E-state index in [1.807, 2.05) is 137 Å². The number of nitrogens with zero attached hydrogens (tertiary/aromatic N) is 7. The second-order valence-electron chi connectivity index (χ2n) is 49.2. The first-order chi connectivity index (χ1) is 63.9. The first-order valence-electron chi connectivity index (χ1n) is 56.1. The molecule has 0 spiro atoms. The van der Waals surface area contributed by atoms with Crippen molar-refractivity contribution in [3.05, 3.63) is 65.2 Å². The molecule has 0 aliphatic rings. The molecule has 17 nitrogen and oxygen atoms in total. The van der Waals surface area contributed by atoms with Gasteiger partial charge in [0.05, 0.1) is 61.1 Å². The van der Waals surface area contributed by atoms with Crippen LogP contribution >= 0.6 is 0 Å². The number of Topliss-reactive ketones (excluding diaryl/α,β-unsaturated/α-hetero) is 8. The van der Waals surface area contributed by atoms with Gasteiger partial charge >= 0.3 is 0 Å². The molecule has 0 bridgehead atoms. The van der Waals surface area contributed by atoms with Crippen molar-refractivity contribution in [1.29, 1.82) is 0 Å². The van der Waals surface area contributed by atoms with Gasteiger partial charge in [0.2, 0.25) is 0 Å². The SMILES string of the molecule is CC(C)C(=O)C(C(C)C(C)C)N(C(C)C)C(C)C.CC(C)C(=O)C(CC(C)C(C)C)N(C(C)C)C(C)C.CC(C)C(=O)C(Cc1ccc(C(C)C)cc1)N(C(C)C)C(C)C.CC(C)C(=O)CCC(C(=O)C(C)C)N(C(C)C)C(C)C.CC(C)CC(=O)C(CC(C)C)N(C(C)C)C(C)C.CC(C)OCC(C(=O)C(C)C)N(C(C)C)C(C)C.CC(C)Oc1ccc(CC(C(=O)C(C)C)N(C(C)C)C(C)C)cc1. The predicted molar refractivity (Wildman–Crippen MR) is 607 cm³/mol. The van der Waals surface area contributed by atoms with E-state index < -0.39 is 0 Å². The predicted octanol–water partition coefficient (Wildman–Crippen LogP) is 29.1. The fourth-order valence-electron chi connectivity index (χ4n) is 19.6. The Hall–Kier alpha value is -4.72. The molecular weight excluding hydrogens is 1740 g/mol. The Morgan fingerprint density at radius 3 is 0.800 bits per heavy atom. The number of hydrogen-bond donors (Lipinski definition) is 0. The molecule has 9 unspecified atom stereocenters. The molecule has 140 heavy (non-hydrogen) atoms. The third kappa shape index (κ3) is 55.3. The van der Waals surface area contributed by atoms with Gasteiger partial charge in [-0.15, -0.1) is 0 Å². The first-order valence-corrected chi connectivity index (χ1v) is 56.1.